The van der Waals surface area contributed by atoms with Crippen LogP contribution in [0.3, 0.4) is 0 Å². The summed E-state index contributed by atoms with van der Waals surface area (Å²) in [6.45, 7) is 3.12. The number of benzene rings is 2. The lowest BCUT2D eigenvalue weighted by Crippen LogP contribution is -2.38. The second kappa shape index (κ2) is 6.91. The first-order valence-corrected chi connectivity index (χ1v) is 8.28. The Kier molecular flexibility index (Phi) is 4.69. The Labute approximate surface area is 141 Å². The SMILES string of the molecule is C[C@H]1CCCCN1c1ccc(N)cc1NC(=O)c1ccccc1F. The lowest BCUT2D eigenvalue weighted by atomic mass is 10.0. The van der Waals surface area contributed by atoms with E-state index in [1.165, 1.54) is 18.6 Å². The van der Waals surface area contributed by atoms with Crippen molar-refractivity contribution in [2.75, 3.05) is 22.5 Å². The molecule has 1 fully saturated rings. The maximum absolute atomic E-state index is 13.8. The van der Waals surface area contributed by atoms with Crippen molar-refractivity contribution in [3.8, 4) is 0 Å². The molecule has 1 aliphatic rings. The Morgan fingerprint density at radius 2 is 2.04 bits per heavy atom. The Bertz CT molecular complexity index is 747. The van der Waals surface area contributed by atoms with Crippen LogP contribution in [0.2, 0.25) is 0 Å². The van der Waals surface area contributed by atoms with Crippen molar-refractivity contribution in [2.24, 2.45) is 0 Å². The zero-order valence-electron chi connectivity index (χ0n) is 13.8. The fraction of sp³-hybridized carbons (Fsp3) is 0.316. The van der Waals surface area contributed by atoms with Crippen LogP contribution in [0.1, 0.15) is 36.5 Å². The van der Waals surface area contributed by atoms with Crippen LogP contribution in [0.25, 0.3) is 0 Å². The van der Waals surface area contributed by atoms with Gasteiger partial charge >= 0.3 is 0 Å². The second-order valence-corrected chi connectivity index (χ2v) is 6.25. The summed E-state index contributed by atoms with van der Waals surface area (Å²) in [6.07, 6.45) is 3.45. The van der Waals surface area contributed by atoms with Crippen molar-refractivity contribution >= 4 is 23.0 Å². The molecule has 1 saturated heterocycles. The number of carbonyl (C=O) groups excluding carboxylic acids is 1. The third-order valence-electron chi connectivity index (χ3n) is 4.50. The molecule has 0 aliphatic carbocycles. The number of nitrogen functional groups attached to an aromatic ring is 1. The van der Waals surface area contributed by atoms with Crippen molar-refractivity contribution in [1.29, 1.82) is 0 Å². The number of amides is 1. The third kappa shape index (κ3) is 3.35. The lowest BCUT2D eigenvalue weighted by Gasteiger charge is -2.36. The van der Waals surface area contributed by atoms with Gasteiger partial charge in [0.1, 0.15) is 5.82 Å². The van der Waals surface area contributed by atoms with Crippen LogP contribution in [0, 0.1) is 5.82 Å². The Balaban J connectivity index is 1.91. The molecule has 2 aromatic carbocycles. The van der Waals surface area contributed by atoms with Crippen molar-refractivity contribution < 1.29 is 9.18 Å². The molecule has 0 radical (unpaired) electrons. The van der Waals surface area contributed by atoms with Crippen molar-refractivity contribution in [2.45, 2.75) is 32.2 Å². The van der Waals surface area contributed by atoms with Crippen LogP contribution >= 0.6 is 0 Å². The maximum atomic E-state index is 13.8. The molecular formula is C19H22FN3O. The normalized spacial score (nSPS) is 17.6. The standard InChI is InChI=1S/C19H22FN3O/c1-13-6-4-5-11-23(13)18-10-9-14(21)12-17(18)22-19(24)15-7-2-3-8-16(15)20/h2-3,7-10,12-13H,4-6,11,21H2,1H3,(H,22,24)/t13-/m0/s1. The minimum absolute atomic E-state index is 0.0255. The highest BCUT2D eigenvalue weighted by Crippen LogP contribution is 2.33. The van der Waals surface area contributed by atoms with E-state index in [4.69, 9.17) is 5.73 Å². The van der Waals surface area contributed by atoms with E-state index in [0.717, 1.165) is 25.1 Å². The summed E-state index contributed by atoms with van der Waals surface area (Å²) >= 11 is 0. The molecule has 0 aromatic heterocycles. The fourth-order valence-electron chi connectivity index (χ4n) is 3.20. The minimum Gasteiger partial charge on any atom is -0.399 e. The van der Waals surface area contributed by atoms with Gasteiger partial charge in [-0.3, -0.25) is 4.79 Å². The van der Waals surface area contributed by atoms with Crippen molar-refractivity contribution in [3.63, 3.8) is 0 Å². The first kappa shape index (κ1) is 16.3. The molecule has 1 heterocycles. The van der Waals surface area contributed by atoms with Crippen LogP contribution < -0.4 is 16.0 Å². The van der Waals surface area contributed by atoms with Gasteiger partial charge in [-0.1, -0.05) is 12.1 Å². The number of nitrogens with zero attached hydrogens (tertiary/aromatic N) is 1. The zero-order valence-corrected chi connectivity index (χ0v) is 13.8. The Hall–Kier alpha value is -2.56. The average Bonchev–Trinajstić information content (AvgIpc) is 2.56. The lowest BCUT2D eigenvalue weighted by molar-refractivity contribution is 0.102. The summed E-state index contributed by atoms with van der Waals surface area (Å²) in [5.41, 5.74) is 8.03. The number of anilines is 3. The number of nitrogens with two attached hydrogens (primary N) is 1. The predicted molar refractivity (Wildman–Crippen MR) is 95.9 cm³/mol. The van der Waals surface area contributed by atoms with E-state index in [0.29, 0.717) is 17.4 Å². The molecular weight excluding hydrogens is 305 g/mol. The molecule has 0 bridgehead atoms. The number of rotatable bonds is 3. The molecule has 126 valence electrons. The van der Waals surface area contributed by atoms with E-state index in [9.17, 15) is 9.18 Å². The van der Waals surface area contributed by atoms with Crippen LogP contribution in [-0.4, -0.2) is 18.5 Å². The first-order valence-electron chi connectivity index (χ1n) is 8.28. The van der Waals surface area contributed by atoms with Crippen molar-refractivity contribution in [3.05, 3.63) is 53.8 Å². The number of piperidine rings is 1. The van der Waals surface area contributed by atoms with E-state index in [-0.39, 0.29) is 5.56 Å². The fourth-order valence-corrected chi connectivity index (χ4v) is 3.20. The third-order valence-corrected chi connectivity index (χ3v) is 4.50. The smallest absolute Gasteiger partial charge is 0.258 e. The van der Waals surface area contributed by atoms with Gasteiger partial charge < -0.3 is 16.0 Å². The molecule has 2 aromatic rings. The number of nitrogens with one attached hydrogen (secondary N) is 1. The van der Waals surface area contributed by atoms with E-state index in [2.05, 4.69) is 17.1 Å². The van der Waals surface area contributed by atoms with Gasteiger partial charge in [0.25, 0.3) is 5.91 Å². The molecule has 3 N–H and O–H groups in total. The van der Waals surface area contributed by atoms with Gasteiger partial charge in [0.05, 0.1) is 16.9 Å². The Morgan fingerprint density at radius 1 is 1.25 bits per heavy atom. The molecule has 0 unspecified atom stereocenters. The van der Waals surface area contributed by atoms with E-state index < -0.39 is 11.7 Å². The molecule has 3 rings (SSSR count). The second-order valence-electron chi connectivity index (χ2n) is 6.25. The summed E-state index contributed by atoms with van der Waals surface area (Å²) in [5, 5.41) is 2.83. The van der Waals surface area contributed by atoms with Gasteiger partial charge in [-0.2, -0.15) is 0 Å². The number of hydrogen-bond donors (Lipinski definition) is 2. The molecule has 1 atom stereocenters. The molecule has 1 amide bonds. The highest BCUT2D eigenvalue weighted by Gasteiger charge is 2.22. The van der Waals surface area contributed by atoms with Crippen molar-refractivity contribution in [1.82, 2.24) is 0 Å². The highest BCUT2D eigenvalue weighted by molar-refractivity contribution is 6.06. The number of halogens is 1. The van der Waals surface area contributed by atoms with Gasteiger partial charge in [0.15, 0.2) is 0 Å². The van der Waals surface area contributed by atoms with E-state index >= 15 is 0 Å². The van der Waals surface area contributed by atoms with Gasteiger partial charge in [0.2, 0.25) is 0 Å². The molecule has 4 nitrogen and oxygen atoms in total. The maximum Gasteiger partial charge on any atom is 0.258 e. The monoisotopic (exact) mass is 327 g/mol. The number of hydrogen-bond acceptors (Lipinski definition) is 3. The predicted octanol–water partition coefficient (Wildman–Crippen LogP) is 4.04. The van der Waals surface area contributed by atoms with Gasteiger partial charge in [0, 0.05) is 18.3 Å². The summed E-state index contributed by atoms with van der Waals surface area (Å²) in [5.74, 6) is -1.00. The summed E-state index contributed by atoms with van der Waals surface area (Å²) in [6, 6.07) is 11.8. The molecule has 5 heteroatoms. The minimum atomic E-state index is -0.535. The zero-order chi connectivity index (χ0) is 17.1. The van der Waals surface area contributed by atoms with Crippen LogP contribution in [-0.2, 0) is 0 Å². The molecule has 1 aliphatic heterocycles. The summed E-state index contributed by atoms with van der Waals surface area (Å²) < 4.78 is 13.8. The first-order chi connectivity index (χ1) is 11.6. The van der Waals surface area contributed by atoms with Gasteiger partial charge in [-0.15, -0.1) is 0 Å². The van der Waals surface area contributed by atoms with Gasteiger partial charge in [-0.05, 0) is 56.5 Å². The quantitative estimate of drug-likeness (QED) is 0.837. The van der Waals surface area contributed by atoms with E-state index in [1.807, 2.05) is 12.1 Å². The topological polar surface area (TPSA) is 58.4 Å². The molecule has 0 saturated carbocycles. The highest BCUT2D eigenvalue weighted by atomic mass is 19.1. The van der Waals surface area contributed by atoms with E-state index in [1.54, 1.807) is 18.2 Å². The van der Waals surface area contributed by atoms with Gasteiger partial charge in [-0.25, -0.2) is 4.39 Å². The molecule has 24 heavy (non-hydrogen) atoms. The molecule has 0 spiro atoms. The number of carbonyl (C=O) groups is 1. The Morgan fingerprint density at radius 3 is 2.79 bits per heavy atom. The van der Waals surface area contributed by atoms with Crippen LogP contribution in [0.5, 0.6) is 0 Å². The van der Waals surface area contributed by atoms with Crippen LogP contribution in [0.4, 0.5) is 21.5 Å². The summed E-state index contributed by atoms with van der Waals surface area (Å²) in [4.78, 5) is 14.7. The average molecular weight is 327 g/mol. The summed E-state index contributed by atoms with van der Waals surface area (Å²) in [7, 11) is 0. The largest absolute Gasteiger partial charge is 0.399 e. The van der Waals surface area contributed by atoms with Crippen LogP contribution in [0.15, 0.2) is 42.5 Å².